The van der Waals surface area contributed by atoms with Crippen molar-refractivity contribution >= 4 is 0 Å². The molecule has 0 N–H and O–H groups in total. The summed E-state index contributed by atoms with van der Waals surface area (Å²) in [7, 11) is 0. The lowest BCUT2D eigenvalue weighted by Crippen LogP contribution is -2.16. The second-order valence-corrected chi connectivity index (χ2v) is 5.87. The van der Waals surface area contributed by atoms with Crippen molar-refractivity contribution in [2.24, 2.45) is 0 Å². The summed E-state index contributed by atoms with van der Waals surface area (Å²) in [6.45, 7) is 1.62. The number of hydrogen-bond acceptors (Lipinski definition) is 4. The summed E-state index contributed by atoms with van der Waals surface area (Å²) in [5.41, 5.74) is -0.0500. The highest BCUT2D eigenvalue weighted by atomic mass is 19.4. The van der Waals surface area contributed by atoms with Gasteiger partial charge >= 0.3 is 12.5 Å². The maximum atomic E-state index is 12.8. The van der Waals surface area contributed by atoms with Crippen molar-refractivity contribution in [1.29, 1.82) is 0 Å². The summed E-state index contributed by atoms with van der Waals surface area (Å²) in [4.78, 5) is 8.29. The summed E-state index contributed by atoms with van der Waals surface area (Å²) in [5.74, 6) is -0.361. The van der Waals surface area contributed by atoms with Crippen LogP contribution in [0.25, 0.3) is 11.4 Å². The lowest BCUT2D eigenvalue weighted by atomic mass is 10.2. The summed E-state index contributed by atoms with van der Waals surface area (Å²) < 4.78 is 84.5. The van der Waals surface area contributed by atoms with Gasteiger partial charge in [0.1, 0.15) is 11.5 Å². The fraction of sp³-hybridized carbons (Fsp3) is 0.158. The number of alkyl halides is 6. The van der Waals surface area contributed by atoms with E-state index in [2.05, 4.69) is 14.7 Å². The Hall–Kier alpha value is -3.30. The highest BCUT2D eigenvalue weighted by Crippen LogP contribution is 2.33. The third-order valence-corrected chi connectivity index (χ3v) is 3.56. The van der Waals surface area contributed by atoms with Crippen LogP contribution in [0.15, 0.2) is 54.6 Å². The van der Waals surface area contributed by atoms with E-state index in [0.29, 0.717) is 11.3 Å². The minimum Gasteiger partial charge on any atom is -0.439 e. The lowest BCUT2D eigenvalue weighted by Gasteiger charge is -2.11. The van der Waals surface area contributed by atoms with Crippen LogP contribution in [0.1, 0.15) is 11.3 Å². The largest absolute Gasteiger partial charge is 0.573 e. The molecule has 152 valence electrons. The van der Waals surface area contributed by atoms with Crippen molar-refractivity contribution in [3.8, 4) is 28.8 Å². The molecule has 0 unspecified atom stereocenters. The van der Waals surface area contributed by atoms with Gasteiger partial charge in [-0.25, -0.2) is 4.98 Å². The summed E-state index contributed by atoms with van der Waals surface area (Å²) in [6.07, 6.45) is -9.33. The molecule has 1 heterocycles. The first-order valence-electron chi connectivity index (χ1n) is 8.06. The van der Waals surface area contributed by atoms with Gasteiger partial charge in [-0.3, -0.25) is 0 Å². The Kier molecular flexibility index (Phi) is 5.36. The predicted octanol–water partition coefficient (Wildman–Crippen LogP) is 6.16. The van der Waals surface area contributed by atoms with Crippen LogP contribution in [0.2, 0.25) is 0 Å². The van der Waals surface area contributed by atoms with E-state index in [9.17, 15) is 26.3 Å². The molecule has 0 fully saturated rings. The minimum absolute atomic E-state index is 0.0116. The van der Waals surface area contributed by atoms with Crippen LogP contribution >= 0.6 is 0 Å². The van der Waals surface area contributed by atoms with E-state index in [0.717, 1.165) is 24.3 Å². The zero-order valence-electron chi connectivity index (χ0n) is 14.7. The fourth-order valence-electron chi connectivity index (χ4n) is 2.38. The summed E-state index contributed by atoms with van der Waals surface area (Å²) in [6, 6.07) is 10.6. The van der Waals surface area contributed by atoms with E-state index in [1.165, 1.54) is 30.3 Å². The molecule has 1 aromatic heterocycles. The Labute approximate surface area is 160 Å². The number of aryl methyl sites for hydroxylation is 1. The van der Waals surface area contributed by atoms with Gasteiger partial charge < -0.3 is 9.47 Å². The normalized spacial score (nSPS) is 12.0. The Morgan fingerprint density at radius 1 is 0.793 bits per heavy atom. The number of halogens is 6. The van der Waals surface area contributed by atoms with Crippen LogP contribution in [-0.2, 0) is 6.18 Å². The number of nitrogens with zero attached hydrogens (tertiary/aromatic N) is 2. The SMILES string of the molecule is Cc1cc(Oc2cccc(C(F)(F)F)c2)nc(-c2ccc(OC(F)(F)F)cc2)n1. The van der Waals surface area contributed by atoms with Crippen molar-refractivity contribution < 1.29 is 35.8 Å². The van der Waals surface area contributed by atoms with Gasteiger partial charge in [0.2, 0.25) is 5.88 Å². The summed E-state index contributed by atoms with van der Waals surface area (Å²) >= 11 is 0. The second kappa shape index (κ2) is 7.61. The molecule has 29 heavy (non-hydrogen) atoms. The van der Waals surface area contributed by atoms with E-state index < -0.39 is 23.9 Å². The molecule has 3 aromatic rings. The van der Waals surface area contributed by atoms with E-state index in [1.54, 1.807) is 6.92 Å². The monoisotopic (exact) mass is 414 g/mol. The van der Waals surface area contributed by atoms with Crippen molar-refractivity contribution in [2.75, 3.05) is 0 Å². The van der Waals surface area contributed by atoms with Crippen molar-refractivity contribution in [3.05, 3.63) is 65.9 Å². The first-order valence-corrected chi connectivity index (χ1v) is 8.06. The molecule has 0 bridgehead atoms. The zero-order chi connectivity index (χ0) is 21.2. The van der Waals surface area contributed by atoms with Gasteiger partial charge in [0.05, 0.1) is 5.56 Å². The van der Waals surface area contributed by atoms with Crippen LogP contribution in [0.5, 0.6) is 17.4 Å². The van der Waals surface area contributed by atoms with Gasteiger partial charge in [-0.15, -0.1) is 13.2 Å². The third-order valence-electron chi connectivity index (χ3n) is 3.56. The molecular formula is C19H12F6N2O2. The van der Waals surface area contributed by atoms with Gasteiger partial charge in [0.15, 0.2) is 5.82 Å². The maximum Gasteiger partial charge on any atom is 0.573 e. The van der Waals surface area contributed by atoms with Crippen molar-refractivity contribution in [1.82, 2.24) is 9.97 Å². The zero-order valence-corrected chi connectivity index (χ0v) is 14.7. The molecule has 0 radical (unpaired) electrons. The molecule has 2 aromatic carbocycles. The highest BCUT2D eigenvalue weighted by Gasteiger charge is 2.31. The van der Waals surface area contributed by atoms with Gasteiger partial charge in [-0.1, -0.05) is 6.07 Å². The fourth-order valence-corrected chi connectivity index (χ4v) is 2.38. The number of ether oxygens (including phenoxy) is 2. The van der Waals surface area contributed by atoms with Gasteiger partial charge in [-0.2, -0.15) is 18.2 Å². The molecule has 3 rings (SSSR count). The Balaban J connectivity index is 1.85. The first kappa shape index (κ1) is 20.4. The molecule has 0 aliphatic heterocycles. The number of hydrogen-bond donors (Lipinski definition) is 0. The molecule has 0 aliphatic carbocycles. The average molecular weight is 414 g/mol. The topological polar surface area (TPSA) is 44.2 Å². The quantitative estimate of drug-likeness (QED) is 0.480. The van der Waals surface area contributed by atoms with Crippen LogP contribution in [0.3, 0.4) is 0 Å². The molecule has 0 aliphatic rings. The molecule has 0 atom stereocenters. The van der Waals surface area contributed by atoms with E-state index >= 15 is 0 Å². The third kappa shape index (κ3) is 5.59. The molecular weight excluding hydrogens is 402 g/mol. The predicted molar refractivity (Wildman–Crippen MR) is 90.4 cm³/mol. The Morgan fingerprint density at radius 2 is 1.48 bits per heavy atom. The highest BCUT2D eigenvalue weighted by molar-refractivity contribution is 5.57. The molecule has 4 nitrogen and oxygen atoms in total. The standard InChI is InChI=1S/C19H12F6N2O2/c1-11-9-16(28-15-4-2-3-13(10-15)18(20,21)22)27-17(26-11)12-5-7-14(8-6-12)29-19(23,24)25/h2-10H,1H3. The molecule has 0 amide bonds. The van der Waals surface area contributed by atoms with Crippen LogP contribution < -0.4 is 9.47 Å². The Morgan fingerprint density at radius 3 is 2.10 bits per heavy atom. The van der Waals surface area contributed by atoms with Crippen molar-refractivity contribution in [2.45, 2.75) is 19.5 Å². The second-order valence-electron chi connectivity index (χ2n) is 5.87. The molecule has 0 saturated heterocycles. The minimum atomic E-state index is -4.81. The van der Waals surface area contributed by atoms with Gasteiger partial charge in [0.25, 0.3) is 0 Å². The molecule has 0 spiro atoms. The molecule has 10 heteroatoms. The Bertz CT molecular complexity index is 1000. The van der Waals surface area contributed by atoms with Crippen LogP contribution in [0, 0.1) is 6.92 Å². The van der Waals surface area contributed by atoms with E-state index in [-0.39, 0.29) is 17.5 Å². The van der Waals surface area contributed by atoms with E-state index in [4.69, 9.17) is 4.74 Å². The maximum absolute atomic E-state index is 12.8. The average Bonchev–Trinajstić information content (AvgIpc) is 2.60. The van der Waals surface area contributed by atoms with Gasteiger partial charge in [0, 0.05) is 17.3 Å². The number of rotatable bonds is 4. The van der Waals surface area contributed by atoms with Crippen LogP contribution in [-0.4, -0.2) is 16.3 Å². The smallest absolute Gasteiger partial charge is 0.439 e. The number of aromatic nitrogens is 2. The van der Waals surface area contributed by atoms with Crippen LogP contribution in [0.4, 0.5) is 26.3 Å². The first-order chi connectivity index (χ1) is 13.5. The lowest BCUT2D eigenvalue weighted by molar-refractivity contribution is -0.274. The number of benzene rings is 2. The summed E-state index contributed by atoms with van der Waals surface area (Å²) in [5, 5.41) is 0. The van der Waals surface area contributed by atoms with E-state index in [1.807, 2.05) is 0 Å². The van der Waals surface area contributed by atoms with Crippen molar-refractivity contribution in [3.63, 3.8) is 0 Å². The van der Waals surface area contributed by atoms with Gasteiger partial charge in [-0.05, 0) is 49.4 Å². The molecule has 0 saturated carbocycles.